The van der Waals surface area contributed by atoms with E-state index in [-0.39, 0.29) is 6.04 Å². The summed E-state index contributed by atoms with van der Waals surface area (Å²) in [5.74, 6) is 0.880. The van der Waals surface area contributed by atoms with Crippen LogP contribution in [0.4, 0.5) is 0 Å². The molecular formula is C11H14N2OS. The van der Waals surface area contributed by atoms with Crippen LogP contribution in [0.3, 0.4) is 0 Å². The van der Waals surface area contributed by atoms with Gasteiger partial charge in [0.05, 0.1) is 11.6 Å². The van der Waals surface area contributed by atoms with E-state index in [0.29, 0.717) is 17.1 Å². The summed E-state index contributed by atoms with van der Waals surface area (Å²) in [6.07, 6.45) is 0. The molecule has 0 aromatic heterocycles. The summed E-state index contributed by atoms with van der Waals surface area (Å²) in [6.45, 7) is 1.83. The molecule has 1 aromatic carbocycles. The molecule has 2 N–H and O–H groups in total. The molecule has 0 saturated carbocycles. The van der Waals surface area contributed by atoms with Crippen molar-refractivity contribution in [1.82, 2.24) is 0 Å². The van der Waals surface area contributed by atoms with Gasteiger partial charge in [-0.25, -0.2) is 0 Å². The molecule has 2 atom stereocenters. The fourth-order valence-corrected chi connectivity index (χ4v) is 2.58. The number of hydrogen-bond donors (Lipinski definition) is 1. The second kappa shape index (κ2) is 5.64. The fraction of sp³-hybridized carbons (Fsp3) is 0.364. The largest absolute Gasteiger partial charge is 0.327 e. The first-order valence-corrected chi connectivity index (χ1v) is 6.21. The third kappa shape index (κ3) is 3.82. The molecule has 0 amide bonds. The summed E-state index contributed by atoms with van der Waals surface area (Å²) in [4.78, 5) is 0. The third-order valence-corrected chi connectivity index (χ3v) is 3.43. The zero-order chi connectivity index (χ0) is 11.3. The Morgan fingerprint density at radius 3 is 2.80 bits per heavy atom. The minimum absolute atomic E-state index is 0.0694. The van der Waals surface area contributed by atoms with Gasteiger partial charge >= 0.3 is 0 Å². The van der Waals surface area contributed by atoms with E-state index in [9.17, 15) is 4.21 Å². The maximum absolute atomic E-state index is 11.6. The summed E-state index contributed by atoms with van der Waals surface area (Å²) in [5.41, 5.74) is 6.98. The average molecular weight is 222 g/mol. The van der Waals surface area contributed by atoms with Crippen LogP contribution in [-0.2, 0) is 16.6 Å². The van der Waals surface area contributed by atoms with E-state index >= 15 is 0 Å². The van der Waals surface area contributed by atoms with E-state index in [2.05, 4.69) is 6.07 Å². The normalized spacial score (nSPS) is 14.2. The number of hydrogen-bond acceptors (Lipinski definition) is 3. The SMILES string of the molecule is CC(N)CS(=O)Cc1ccccc1C#N. The molecule has 0 saturated heterocycles. The Morgan fingerprint density at radius 1 is 1.53 bits per heavy atom. The summed E-state index contributed by atoms with van der Waals surface area (Å²) in [7, 11) is -0.989. The van der Waals surface area contributed by atoms with Crippen LogP contribution in [0.15, 0.2) is 24.3 Å². The molecule has 3 nitrogen and oxygen atoms in total. The van der Waals surface area contributed by atoms with Gasteiger partial charge < -0.3 is 5.73 Å². The lowest BCUT2D eigenvalue weighted by Crippen LogP contribution is -2.23. The second-order valence-electron chi connectivity index (χ2n) is 3.50. The lowest BCUT2D eigenvalue weighted by atomic mass is 10.1. The van der Waals surface area contributed by atoms with Gasteiger partial charge in [0.15, 0.2) is 0 Å². The highest BCUT2D eigenvalue weighted by atomic mass is 32.2. The van der Waals surface area contributed by atoms with Crippen LogP contribution < -0.4 is 5.73 Å². The van der Waals surface area contributed by atoms with Gasteiger partial charge in [-0.05, 0) is 18.6 Å². The maximum Gasteiger partial charge on any atom is 0.0994 e. The van der Waals surface area contributed by atoms with Gasteiger partial charge in [0.1, 0.15) is 0 Å². The van der Waals surface area contributed by atoms with Gasteiger partial charge in [-0.2, -0.15) is 5.26 Å². The highest BCUT2D eigenvalue weighted by molar-refractivity contribution is 7.84. The van der Waals surface area contributed by atoms with Crippen LogP contribution in [0.2, 0.25) is 0 Å². The Hall–Kier alpha value is -1.18. The Labute approximate surface area is 92.4 Å². The Morgan fingerprint density at radius 2 is 2.20 bits per heavy atom. The molecule has 0 bridgehead atoms. The molecular weight excluding hydrogens is 208 g/mol. The first-order chi connectivity index (χ1) is 7.13. The van der Waals surface area contributed by atoms with Crippen molar-refractivity contribution in [3.63, 3.8) is 0 Å². The van der Waals surface area contributed by atoms with E-state index < -0.39 is 10.8 Å². The number of nitriles is 1. The number of benzene rings is 1. The highest BCUT2D eigenvalue weighted by Gasteiger charge is 2.07. The summed E-state index contributed by atoms with van der Waals surface area (Å²) < 4.78 is 11.6. The van der Waals surface area contributed by atoms with Crippen molar-refractivity contribution in [3.8, 4) is 6.07 Å². The Kier molecular flexibility index (Phi) is 4.47. The highest BCUT2D eigenvalue weighted by Crippen LogP contribution is 2.10. The Balaban J connectivity index is 2.73. The van der Waals surface area contributed by atoms with Crippen LogP contribution in [0.5, 0.6) is 0 Å². The Bertz CT molecular complexity index is 396. The molecule has 1 aromatic rings. The predicted molar refractivity (Wildman–Crippen MR) is 61.5 cm³/mol. The average Bonchev–Trinajstić information content (AvgIpc) is 2.17. The standard InChI is InChI=1S/C11H14N2OS/c1-9(13)7-15(14)8-11-5-3-2-4-10(11)6-12/h2-5,9H,7-8,13H2,1H3. The minimum Gasteiger partial charge on any atom is -0.327 e. The van der Waals surface area contributed by atoms with Gasteiger partial charge in [-0.1, -0.05) is 18.2 Å². The predicted octanol–water partition coefficient (Wildman–Crippen LogP) is 1.15. The van der Waals surface area contributed by atoms with Crippen molar-refractivity contribution in [3.05, 3.63) is 35.4 Å². The molecule has 2 unspecified atom stereocenters. The fourth-order valence-electron chi connectivity index (χ4n) is 1.28. The first kappa shape index (κ1) is 11.9. The quantitative estimate of drug-likeness (QED) is 0.831. The van der Waals surface area contributed by atoms with E-state index in [1.165, 1.54) is 0 Å². The van der Waals surface area contributed by atoms with Gasteiger partial charge in [0, 0.05) is 28.3 Å². The van der Waals surface area contributed by atoms with Gasteiger partial charge in [0.2, 0.25) is 0 Å². The van der Waals surface area contributed by atoms with Crippen LogP contribution in [-0.4, -0.2) is 16.0 Å². The molecule has 4 heteroatoms. The van der Waals surface area contributed by atoms with E-state index in [4.69, 9.17) is 11.0 Å². The van der Waals surface area contributed by atoms with Crippen molar-refractivity contribution in [2.24, 2.45) is 5.73 Å². The van der Waals surface area contributed by atoms with Crippen molar-refractivity contribution >= 4 is 10.8 Å². The minimum atomic E-state index is -0.989. The lowest BCUT2D eigenvalue weighted by molar-refractivity contribution is 0.676. The smallest absolute Gasteiger partial charge is 0.0994 e. The molecule has 80 valence electrons. The molecule has 15 heavy (non-hydrogen) atoms. The summed E-state index contributed by atoms with van der Waals surface area (Å²) in [5, 5.41) is 8.84. The van der Waals surface area contributed by atoms with Crippen LogP contribution in [0.25, 0.3) is 0 Å². The molecule has 0 heterocycles. The molecule has 0 aliphatic carbocycles. The molecule has 1 rings (SSSR count). The molecule has 0 spiro atoms. The summed E-state index contributed by atoms with van der Waals surface area (Å²) in [6, 6.07) is 9.23. The van der Waals surface area contributed by atoms with Gasteiger partial charge in [-0.3, -0.25) is 4.21 Å². The first-order valence-electron chi connectivity index (χ1n) is 4.72. The maximum atomic E-state index is 11.6. The van der Waals surface area contributed by atoms with Crippen molar-refractivity contribution in [2.45, 2.75) is 18.7 Å². The molecule has 0 aliphatic heterocycles. The molecule has 0 radical (unpaired) electrons. The van der Waals surface area contributed by atoms with E-state index in [1.54, 1.807) is 12.1 Å². The molecule has 0 fully saturated rings. The zero-order valence-corrected chi connectivity index (χ0v) is 9.46. The van der Waals surface area contributed by atoms with Crippen molar-refractivity contribution in [2.75, 3.05) is 5.75 Å². The number of nitrogens with two attached hydrogens (primary N) is 1. The van der Waals surface area contributed by atoms with E-state index in [0.717, 1.165) is 5.56 Å². The van der Waals surface area contributed by atoms with Gasteiger partial charge in [0.25, 0.3) is 0 Å². The van der Waals surface area contributed by atoms with Crippen LogP contribution in [0, 0.1) is 11.3 Å². The molecule has 0 aliphatic rings. The van der Waals surface area contributed by atoms with Gasteiger partial charge in [-0.15, -0.1) is 0 Å². The number of nitrogens with zero attached hydrogens (tertiary/aromatic N) is 1. The third-order valence-electron chi connectivity index (χ3n) is 1.90. The summed E-state index contributed by atoms with van der Waals surface area (Å²) >= 11 is 0. The second-order valence-corrected chi connectivity index (χ2v) is 5.00. The zero-order valence-electron chi connectivity index (χ0n) is 8.64. The van der Waals surface area contributed by atoms with Crippen LogP contribution in [0.1, 0.15) is 18.1 Å². The van der Waals surface area contributed by atoms with E-state index in [1.807, 2.05) is 19.1 Å². The topological polar surface area (TPSA) is 66.9 Å². The number of rotatable bonds is 4. The van der Waals surface area contributed by atoms with Crippen molar-refractivity contribution in [1.29, 1.82) is 5.26 Å². The monoisotopic (exact) mass is 222 g/mol. The van der Waals surface area contributed by atoms with Crippen LogP contribution >= 0.6 is 0 Å². The van der Waals surface area contributed by atoms with Crippen molar-refractivity contribution < 1.29 is 4.21 Å². The lowest BCUT2D eigenvalue weighted by Gasteiger charge is -2.06.